The van der Waals surface area contributed by atoms with Crippen molar-refractivity contribution in [1.29, 1.82) is 0 Å². The second-order valence-electron chi connectivity index (χ2n) is 4.87. The Morgan fingerprint density at radius 1 is 1.27 bits per heavy atom. The van der Waals surface area contributed by atoms with Crippen molar-refractivity contribution in [1.82, 2.24) is 0 Å². The van der Waals surface area contributed by atoms with Gasteiger partial charge in [-0.05, 0) is 36.3 Å². The third-order valence-corrected chi connectivity index (χ3v) is 3.31. The molecule has 0 saturated heterocycles. The van der Waals surface area contributed by atoms with Gasteiger partial charge in [0.25, 0.3) is 0 Å². The van der Waals surface area contributed by atoms with Crippen molar-refractivity contribution >= 4 is 17.7 Å². The Morgan fingerprint density at radius 2 is 2.05 bits per heavy atom. The molecule has 0 aliphatic carbocycles. The summed E-state index contributed by atoms with van der Waals surface area (Å²) in [5, 5.41) is 12.0. The van der Waals surface area contributed by atoms with E-state index in [9.17, 15) is 9.90 Å². The summed E-state index contributed by atoms with van der Waals surface area (Å²) in [6.45, 7) is 1.86. The fraction of sp³-hybridized carbons (Fsp3) is 0.167. The minimum absolute atomic E-state index is 0.0824. The summed E-state index contributed by atoms with van der Waals surface area (Å²) >= 11 is 0. The lowest BCUT2D eigenvalue weighted by Gasteiger charge is -2.07. The first-order valence-corrected chi connectivity index (χ1v) is 6.96. The molecule has 0 aliphatic rings. The molecule has 114 valence electrons. The quantitative estimate of drug-likeness (QED) is 0.834. The van der Waals surface area contributed by atoms with Crippen LogP contribution in [0.25, 0.3) is 6.08 Å². The van der Waals surface area contributed by atoms with Crippen LogP contribution < -0.4 is 10.1 Å². The first kappa shape index (κ1) is 15.8. The largest absolute Gasteiger partial charge is 0.496 e. The highest BCUT2D eigenvalue weighted by Gasteiger charge is 2.03. The second-order valence-corrected chi connectivity index (χ2v) is 4.87. The Balaban J connectivity index is 2.08. The molecule has 4 nitrogen and oxygen atoms in total. The number of methoxy groups -OCH3 is 1. The minimum atomic E-state index is -0.195. The molecule has 0 atom stereocenters. The summed E-state index contributed by atoms with van der Waals surface area (Å²) in [4.78, 5) is 11.9. The number of benzene rings is 2. The van der Waals surface area contributed by atoms with Gasteiger partial charge in [-0.25, -0.2) is 0 Å². The molecule has 0 spiro atoms. The first-order chi connectivity index (χ1) is 10.6. The zero-order valence-electron chi connectivity index (χ0n) is 12.7. The number of aryl methyl sites for hydroxylation is 1. The van der Waals surface area contributed by atoms with E-state index in [1.54, 1.807) is 25.3 Å². The van der Waals surface area contributed by atoms with Crippen LogP contribution in [0.15, 0.2) is 48.5 Å². The maximum absolute atomic E-state index is 11.9. The van der Waals surface area contributed by atoms with Crippen LogP contribution in [0, 0.1) is 6.92 Å². The number of hydrogen-bond donors (Lipinski definition) is 2. The van der Waals surface area contributed by atoms with Crippen molar-refractivity contribution in [2.24, 2.45) is 0 Å². The monoisotopic (exact) mass is 297 g/mol. The topological polar surface area (TPSA) is 58.6 Å². The Kier molecular flexibility index (Phi) is 5.33. The van der Waals surface area contributed by atoms with E-state index < -0.39 is 0 Å². The van der Waals surface area contributed by atoms with Gasteiger partial charge < -0.3 is 15.2 Å². The van der Waals surface area contributed by atoms with Crippen LogP contribution in [0.3, 0.4) is 0 Å². The summed E-state index contributed by atoms with van der Waals surface area (Å²) in [7, 11) is 1.55. The van der Waals surface area contributed by atoms with Crippen LogP contribution in [-0.4, -0.2) is 18.1 Å². The SMILES string of the molecule is COc1cc(/C=C/C(=O)Nc2ccccc2C)ccc1CO. The van der Waals surface area contributed by atoms with E-state index >= 15 is 0 Å². The molecule has 4 heteroatoms. The normalized spacial score (nSPS) is 10.7. The van der Waals surface area contributed by atoms with Gasteiger partial charge in [0.05, 0.1) is 13.7 Å². The molecule has 1 amide bonds. The van der Waals surface area contributed by atoms with E-state index in [-0.39, 0.29) is 12.5 Å². The molecule has 0 aromatic heterocycles. The van der Waals surface area contributed by atoms with Gasteiger partial charge in [0.1, 0.15) is 5.75 Å². The van der Waals surface area contributed by atoms with E-state index in [4.69, 9.17) is 4.74 Å². The highest BCUT2D eigenvalue weighted by molar-refractivity contribution is 6.02. The highest BCUT2D eigenvalue weighted by atomic mass is 16.5. The van der Waals surface area contributed by atoms with E-state index in [1.165, 1.54) is 6.08 Å². The summed E-state index contributed by atoms with van der Waals surface area (Å²) < 4.78 is 5.20. The van der Waals surface area contributed by atoms with Crippen molar-refractivity contribution in [3.63, 3.8) is 0 Å². The molecule has 22 heavy (non-hydrogen) atoms. The maximum atomic E-state index is 11.9. The molecular weight excluding hydrogens is 278 g/mol. The van der Waals surface area contributed by atoms with Gasteiger partial charge in [0.15, 0.2) is 0 Å². The molecule has 0 fully saturated rings. The summed E-state index contributed by atoms with van der Waals surface area (Å²) in [6, 6.07) is 13.0. The number of ether oxygens (including phenoxy) is 1. The minimum Gasteiger partial charge on any atom is -0.496 e. The zero-order valence-corrected chi connectivity index (χ0v) is 12.7. The van der Waals surface area contributed by atoms with Crippen LogP contribution in [0.4, 0.5) is 5.69 Å². The molecule has 0 heterocycles. The predicted molar refractivity (Wildman–Crippen MR) is 87.8 cm³/mol. The molecule has 2 rings (SSSR count). The fourth-order valence-corrected chi connectivity index (χ4v) is 2.05. The number of amides is 1. The van der Waals surface area contributed by atoms with Crippen molar-refractivity contribution in [2.75, 3.05) is 12.4 Å². The Morgan fingerprint density at radius 3 is 2.73 bits per heavy atom. The number of aliphatic hydroxyl groups is 1. The third kappa shape index (κ3) is 3.96. The molecule has 2 N–H and O–H groups in total. The number of aliphatic hydroxyl groups excluding tert-OH is 1. The average molecular weight is 297 g/mol. The number of carbonyl (C=O) groups is 1. The van der Waals surface area contributed by atoms with Gasteiger partial charge in [-0.15, -0.1) is 0 Å². The molecule has 2 aromatic carbocycles. The van der Waals surface area contributed by atoms with Gasteiger partial charge in [-0.1, -0.05) is 30.3 Å². The van der Waals surface area contributed by atoms with Crippen molar-refractivity contribution in [3.05, 3.63) is 65.2 Å². The first-order valence-electron chi connectivity index (χ1n) is 6.96. The number of nitrogens with one attached hydrogen (secondary N) is 1. The standard InChI is InChI=1S/C18H19NO3/c1-13-5-3-4-6-16(13)19-18(21)10-8-14-7-9-15(12-20)17(11-14)22-2/h3-11,20H,12H2,1-2H3,(H,19,21)/b10-8+. The fourth-order valence-electron chi connectivity index (χ4n) is 2.05. The summed E-state index contributed by atoms with van der Waals surface area (Å²) in [5.41, 5.74) is 3.35. The van der Waals surface area contributed by atoms with Gasteiger partial charge in [-0.3, -0.25) is 4.79 Å². The van der Waals surface area contributed by atoms with Crippen molar-refractivity contribution in [3.8, 4) is 5.75 Å². The molecule has 0 radical (unpaired) electrons. The zero-order chi connectivity index (χ0) is 15.9. The second kappa shape index (κ2) is 7.43. The molecular formula is C18H19NO3. The van der Waals surface area contributed by atoms with E-state index in [2.05, 4.69) is 5.32 Å². The smallest absolute Gasteiger partial charge is 0.248 e. The number of para-hydroxylation sites is 1. The molecule has 0 unspecified atom stereocenters. The lowest BCUT2D eigenvalue weighted by molar-refractivity contribution is -0.111. The number of carbonyl (C=O) groups excluding carboxylic acids is 1. The van der Waals surface area contributed by atoms with Crippen molar-refractivity contribution < 1.29 is 14.6 Å². The molecule has 0 aliphatic heterocycles. The maximum Gasteiger partial charge on any atom is 0.248 e. The van der Waals surface area contributed by atoms with Gasteiger partial charge >= 0.3 is 0 Å². The predicted octanol–water partition coefficient (Wildman–Crippen LogP) is 3.15. The lowest BCUT2D eigenvalue weighted by atomic mass is 10.1. The van der Waals surface area contributed by atoms with Crippen LogP contribution in [-0.2, 0) is 11.4 Å². The van der Waals surface area contributed by atoms with Crippen LogP contribution >= 0.6 is 0 Å². The van der Waals surface area contributed by atoms with E-state index in [0.29, 0.717) is 11.3 Å². The van der Waals surface area contributed by atoms with E-state index in [1.807, 2.05) is 37.3 Å². The Labute approximate surface area is 130 Å². The average Bonchev–Trinajstić information content (AvgIpc) is 2.54. The number of anilines is 1. The molecule has 0 bridgehead atoms. The van der Waals surface area contributed by atoms with Gasteiger partial charge in [0.2, 0.25) is 5.91 Å². The van der Waals surface area contributed by atoms with Crippen LogP contribution in [0.5, 0.6) is 5.75 Å². The number of hydrogen-bond acceptors (Lipinski definition) is 3. The lowest BCUT2D eigenvalue weighted by Crippen LogP contribution is -2.08. The summed E-state index contributed by atoms with van der Waals surface area (Å²) in [6.07, 6.45) is 3.18. The molecule has 0 saturated carbocycles. The number of rotatable bonds is 5. The van der Waals surface area contributed by atoms with Gasteiger partial charge in [-0.2, -0.15) is 0 Å². The van der Waals surface area contributed by atoms with Gasteiger partial charge in [0, 0.05) is 17.3 Å². The third-order valence-electron chi connectivity index (χ3n) is 3.31. The summed E-state index contributed by atoms with van der Waals surface area (Å²) in [5.74, 6) is 0.406. The Bertz CT molecular complexity index is 692. The van der Waals surface area contributed by atoms with Crippen LogP contribution in [0.1, 0.15) is 16.7 Å². The Hall–Kier alpha value is -2.59. The van der Waals surface area contributed by atoms with Crippen LogP contribution in [0.2, 0.25) is 0 Å². The van der Waals surface area contributed by atoms with E-state index in [0.717, 1.165) is 16.8 Å². The molecule has 2 aromatic rings. The van der Waals surface area contributed by atoms with Crippen molar-refractivity contribution in [2.45, 2.75) is 13.5 Å². The highest BCUT2D eigenvalue weighted by Crippen LogP contribution is 2.21.